The van der Waals surface area contributed by atoms with E-state index in [2.05, 4.69) is 10.6 Å². The van der Waals surface area contributed by atoms with Gasteiger partial charge in [-0.05, 0) is 54.8 Å². The molecule has 0 fully saturated rings. The first-order valence-corrected chi connectivity index (χ1v) is 10.7. The van der Waals surface area contributed by atoms with Crippen molar-refractivity contribution in [2.75, 3.05) is 26.1 Å². The second-order valence-electron chi connectivity index (χ2n) is 6.51. The van der Waals surface area contributed by atoms with Crippen molar-refractivity contribution >= 4 is 34.9 Å². The van der Waals surface area contributed by atoms with Gasteiger partial charge in [-0.15, -0.1) is 11.3 Å². The highest BCUT2D eigenvalue weighted by molar-refractivity contribution is 7.10. The van der Waals surface area contributed by atoms with E-state index in [9.17, 15) is 9.59 Å². The molecular formula is C24H24N2O5S. The van der Waals surface area contributed by atoms with Gasteiger partial charge in [-0.25, -0.2) is 0 Å². The Morgan fingerprint density at radius 3 is 2.50 bits per heavy atom. The Morgan fingerprint density at radius 1 is 1.00 bits per heavy atom. The van der Waals surface area contributed by atoms with E-state index in [1.165, 1.54) is 25.6 Å². The van der Waals surface area contributed by atoms with E-state index in [-0.39, 0.29) is 5.70 Å². The van der Waals surface area contributed by atoms with Crippen LogP contribution in [0, 0.1) is 0 Å². The smallest absolute Gasteiger partial charge is 0.272 e. The first-order chi connectivity index (χ1) is 15.5. The lowest BCUT2D eigenvalue weighted by Crippen LogP contribution is -2.30. The van der Waals surface area contributed by atoms with E-state index in [0.29, 0.717) is 35.1 Å². The molecule has 0 aliphatic carbocycles. The van der Waals surface area contributed by atoms with Crippen LogP contribution in [0.4, 0.5) is 5.69 Å². The predicted octanol–water partition coefficient (Wildman–Crippen LogP) is 4.57. The van der Waals surface area contributed by atoms with E-state index < -0.39 is 11.8 Å². The molecule has 2 N–H and O–H groups in total. The van der Waals surface area contributed by atoms with Gasteiger partial charge in [-0.3, -0.25) is 9.59 Å². The van der Waals surface area contributed by atoms with Crippen LogP contribution in [0.1, 0.15) is 22.2 Å². The summed E-state index contributed by atoms with van der Waals surface area (Å²) in [5.74, 6) is 0.655. The number of carbonyl (C=O) groups is 2. The van der Waals surface area contributed by atoms with Crippen LogP contribution in [-0.2, 0) is 4.79 Å². The van der Waals surface area contributed by atoms with Crippen LogP contribution in [-0.4, -0.2) is 32.6 Å². The zero-order valence-corrected chi connectivity index (χ0v) is 18.8. The summed E-state index contributed by atoms with van der Waals surface area (Å²) in [4.78, 5) is 26.8. The number of hydrogen-bond acceptors (Lipinski definition) is 6. The summed E-state index contributed by atoms with van der Waals surface area (Å²) < 4.78 is 16.0. The molecule has 0 radical (unpaired) electrons. The number of rotatable bonds is 9. The second-order valence-corrected chi connectivity index (χ2v) is 7.49. The normalized spacial score (nSPS) is 10.9. The number of benzene rings is 2. The Kier molecular flexibility index (Phi) is 7.88. The van der Waals surface area contributed by atoms with Crippen LogP contribution in [0.2, 0.25) is 0 Å². The van der Waals surface area contributed by atoms with Crippen molar-refractivity contribution in [2.45, 2.75) is 6.92 Å². The maximum Gasteiger partial charge on any atom is 0.272 e. The fourth-order valence-electron chi connectivity index (χ4n) is 2.87. The molecule has 0 saturated heterocycles. The van der Waals surface area contributed by atoms with Crippen LogP contribution in [0.25, 0.3) is 6.08 Å². The predicted molar refractivity (Wildman–Crippen MR) is 126 cm³/mol. The number of hydrogen-bond donors (Lipinski definition) is 2. The third-order valence-corrected chi connectivity index (χ3v) is 5.19. The zero-order valence-electron chi connectivity index (χ0n) is 18.0. The quantitative estimate of drug-likeness (QED) is 0.465. The Hall–Kier alpha value is -3.78. The van der Waals surface area contributed by atoms with Crippen molar-refractivity contribution in [1.82, 2.24) is 5.32 Å². The molecule has 1 aromatic heterocycles. The molecule has 0 spiro atoms. The molecule has 1 heterocycles. The highest BCUT2D eigenvalue weighted by Crippen LogP contribution is 2.27. The van der Waals surface area contributed by atoms with Gasteiger partial charge in [-0.2, -0.15) is 0 Å². The largest absolute Gasteiger partial charge is 0.494 e. The van der Waals surface area contributed by atoms with Crippen molar-refractivity contribution in [1.29, 1.82) is 0 Å². The molecule has 7 nitrogen and oxygen atoms in total. The van der Waals surface area contributed by atoms with Gasteiger partial charge in [0.05, 0.1) is 20.8 Å². The lowest BCUT2D eigenvalue weighted by atomic mass is 10.1. The molecule has 0 aliphatic rings. The summed E-state index contributed by atoms with van der Waals surface area (Å²) >= 11 is 1.45. The summed E-state index contributed by atoms with van der Waals surface area (Å²) in [6.45, 7) is 2.40. The summed E-state index contributed by atoms with van der Waals surface area (Å²) in [7, 11) is 3.01. The third-order valence-electron chi connectivity index (χ3n) is 4.37. The number of anilines is 1. The average molecular weight is 453 g/mol. The van der Waals surface area contributed by atoms with Crippen molar-refractivity contribution in [3.8, 4) is 17.2 Å². The number of nitrogens with one attached hydrogen (secondary N) is 2. The molecular weight excluding hydrogens is 428 g/mol. The van der Waals surface area contributed by atoms with E-state index >= 15 is 0 Å². The van der Waals surface area contributed by atoms with Crippen molar-refractivity contribution in [2.24, 2.45) is 0 Å². The van der Waals surface area contributed by atoms with E-state index in [1.807, 2.05) is 24.4 Å². The summed E-state index contributed by atoms with van der Waals surface area (Å²) in [5, 5.41) is 7.41. The first kappa shape index (κ1) is 22.9. The third kappa shape index (κ3) is 5.89. The van der Waals surface area contributed by atoms with Crippen molar-refractivity contribution in [3.05, 3.63) is 76.1 Å². The first-order valence-electron chi connectivity index (χ1n) is 9.86. The minimum Gasteiger partial charge on any atom is -0.494 e. The van der Waals surface area contributed by atoms with E-state index in [1.54, 1.807) is 48.5 Å². The number of amides is 2. The van der Waals surface area contributed by atoms with Gasteiger partial charge in [0.1, 0.15) is 11.4 Å². The summed E-state index contributed by atoms with van der Waals surface area (Å²) in [6, 6.07) is 15.6. The fraction of sp³-hybridized carbons (Fsp3) is 0.167. The lowest BCUT2D eigenvalue weighted by Gasteiger charge is -2.13. The Balaban J connectivity index is 1.84. The van der Waals surface area contributed by atoms with Gasteiger partial charge in [0.15, 0.2) is 11.5 Å². The molecule has 166 valence electrons. The molecule has 2 amide bonds. The maximum atomic E-state index is 13.0. The van der Waals surface area contributed by atoms with Crippen LogP contribution < -0.4 is 24.8 Å². The van der Waals surface area contributed by atoms with Gasteiger partial charge in [0, 0.05) is 22.2 Å². The van der Waals surface area contributed by atoms with Crippen molar-refractivity contribution < 1.29 is 23.8 Å². The number of ether oxygens (including phenoxy) is 3. The Labute approximate surface area is 190 Å². The number of thiophene rings is 1. The number of methoxy groups -OCH3 is 2. The van der Waals surface area contributed by atoms with Gasteiger partial charge >= 0.3 is 0 Å². The van der Waals surface area contributed by atoms with Crippen LogP contribution in [0.3, 0.4) is 0 Å². The number of carbonyl (C=O) groups excluding carboxylic acids is 2. The van der Waals surface area contributed by atoms with Gasteiger partial charge in [0.25, 0.3) is 11.8 Å². The molecule has 0 atom stereocenters. The topological polar surface area (TPSA) is 85.9 Å². The van der Waals surface area contributed by atoms with Crippen LogP contribution >= 0.6 is 11.3 Å². The Bertz CT molecular complexity index is 1110. The summed E-state index contributed by atoms with van der Waals surface area (Å²) in [5.41, 5.74) is 0.985. The molecule has 3 aromatic rings. The van der Waals surface area contributed by atoms with Gasteiger partial charge in [0.2, 0.25) is 0 Å². The SMILES string of the molecule is CCOc1cccc(NC(=O)/C(=C/c2cccs2)NC(=O)c2ccc(OC)c(OC)c2)c1. The molecule has 8 heteroatoms. The molecule has 0 bridgehead atoms. The summed E-state index contributed by atoms with van der Waals surface area (Å²) in [6.07, 6.45) is 1.63. The average Bonchev–Trinajstić information content (AvgIpc) is 3.31. The van der Waals surface area contributed by atoms with E-state index in [4.69, 9.17) is 14.2 Å². The molecule has 0 saturated carbocycles. The molecule has 0 unspecified atom stereocenters. The van der Waals surface area contributed by atoms with Crippen LogP contribution in [0.15, 0.2) is 65.7 Å². The second kappa shape index (κ2) is 11.0. The minimum atomic E-state index is -0.458. The molecule has 3 rings (SSSR count). The minimum absolute atomic E-state index is 0.106. The van der Waals surface area contributed by atoms with Gasteiger partial charge < -0.3 is 24.8 Å². The molecule has 0 aliphatic heterocycles. The fourth-order valence-corrected chi connectivity index (χ4v) is 3.53. The monoisotopic (exact) mass is 452 g/mol. The maximum absolute atomic E-state index is 13.0. The Morgan fingerprint density at radius 2 is 1.81 bits per heavy atom. The standard InChI is InChI=1S/C24H24N2O5S/c1-4-31-18-8-5-7-17(14-18)25-24(28)20(15-19-9-6-12-32-19)26-23(27)16-10-11-21(29-2)22(13-16)30-3/h5-15H,4H2,1-3H3,(H,25,28)(H,26,27)/b20-15-. The van der Waals surface area contributed by atoms with Crippen LogP contribution in [0.5, 0.6) is 17.2 Å². The molecule has 32 heavy (non-hydrogen) atoms. The zero-order chi connectivity index (χ0) is 22.9. The van der Waals surface area contributed by atoms with Gasteiger partial charge in [-0.1, -0.05) is 12.1 Å². The van der Waals surface area contributed by atoms with E-state index in [0.717, 1.165) is 4.88 Å². The highest BCUT2D eigenvalue weighted by Gasteiger charge is 2.17. The molecule has 2 aromatic carbocycles. The highest BCUT2D eigenvalue weighted by atomic mass is 32.1. The lowest BCUT2D eigenvalue weighted by molar-refractivity contribution is -0.113. The van der Waals surface area contributed by atoms with Crippen molar-refractivity contribution in [3.63, 3.8) is 0 Å².